The monoisotopic (exact) mass is 275 g/mol. The minimum absolute atomic E-state index is 0.119. The molecule has 8 heteroatoms. The highest BCUT2D eigenvalue weighted by Gasteiger charge is 2.64. The molecule has 0 saturated heterocycles. The number of hydrogen-bond acceptors (Lipinski definition) is 2. The summed E-state index contributed by atoms with van der Waals surface area (Å²) in [4.78, 5) is 13.3. The summed E-state index contributed by atoms with van der Waals surface area (Å²) in [6.07, 6.45) is -7.91. The van der Waals surface area contributed by atoms with Crippen molar-refractivity contribution in [3.63, 3.8) is 0 Å². The SMILES string of the molecule is O=C=NC1CCC(C(F)C(F)(F)C(F)(F)F)CC1. The van der Waals surface area contributed by atoms with E-state index in [-0.39, 0.29) is 25.7 Å². The zero-order valence-corrected chi connectivity index (χ0v) is 9.18. The van der Waals surface area contributed by atoms with Crippen molar-refractivity contribution in [1.29, 1.82) is 0 Å². The second-order valence-electron chi connectivity index (χ2n) is 4.31. The summed E-state index contributed by atoms with van der Waals surface area (Å²) in [6.45, 7) is 0. The van der Waals surface area contributed by atoms with Gasteiger partial charge in [0, 0.05) is 0 Å². The van der Waals surface area contributed by atoms with Crippen LogP contribution in [0.1, 0.15) is 25.7 Å². The van der Waals surface area contributed by atoms with Crippen molar-refractivity contribution in [3.8, 4) is 0 Å². The Balaban J connectivity index is 2.65. The van der Waals surface area contributed by atoms with Gasteiger partial charge in [0.15, 0.2) is 6.17 Å². The molecular formula is C10H11F6NO. The summed E-state index contributed by atoms with van der Waals surface area (Å²) in [5, 5.41) is 0. The molecule has 2 nitrogen and oxygen atoms in total. The Morgan fingerprint density at radius 3 is 1.94 bits per heavy atom. The number of carbonyl (C=O) groups excluding carboxylic acids is 1. The van der Waals surface area contributed by atoms with E-state index in [2.05, 4.69) is 4.99 Å². The molecule has 1 aliphatic rings. The van der Waals surface area contributed by atoms with E-state index in [4.69, 9.17) is 0 Å². The van der Waals surface area contributed by atoms with Gasteiger partial charge < -0.3 is 0 Å². The van der Waals surface area contributed by atoms with Crippen molar-refractivity contribution < 1.29 is 31.1 Å². The first-order chi connectivity index (χ1) is 8.20. The standard InChI is InChI=1S/C10H11F6NO/c11-8(9(12,13)10(14,15)16)6-1-3-7(4-2-6)17-5-18/h6-8H,1-4H2. The topological polar surface area (TPSA) is 29.4 Å². The summed E-state index contributed by atoms with van der Waals surface area (Å²) in [5.41, 5.74) is 0. The van der Waals surface area contributed by atoms with Gasteiger partial charge in [0.1, 0.15) is 0 Å². The molecule has 0 radical (unpaired) electrons. The summed E-state index contributed by atoms with van der Waals surface area (Å²) in [6, 6.07) is -0.453. The van der Waals surface area contributed by atoms with E-state index >= 15 is 0 Å². The fourth-order valence-corrected chi connectivity index (χ4v) is 2.05. The summed E-state index contributed by atoms with van der Waals surface area (Å²) >= 11 is 0. The molecular weight excluding hydrogens is 264 g/mol. The Morgan fingerprint density at radius 1 is 1.06 bits per heavy atom. The van der Waals surface area contributed by atoms with Crippen molar-refractivity contribution >= 4 is 6.08 Å². The van der Waals surface area contributed by atoms with Crippen molar-refractivity contribution in [2.45, 2.75) is 50.0 Å². The number of aliphatic imine (C=N–C) groups is 1. The number of halogens is 6. The number of nitrogens with zero attached hydrogens (tertiary/aromatic N) is 1. The van der Waals surface area contributed by atoms with Crippen LogP contribution in [-0.4, -0.2) is 30.4 Å². The third-order valence-corrected chi connectivity index (χ3v) is 3.11. The first-order valence-corrected chi connectivity index (χ1v) is 5.35. The van der Waals surface area contributed by atoms with E-state index in [1.165, 1.54) is 6.08 Å². The van der Waals surface area contributed by atoms with Crippen molar-refractivity contribution in [2.24, 2.45) is 10.9 Å². The minimum atomic E-state index is -5.88. The van der Waals surface area contributed by atoms with Crippen LogP contribution in [0.15, 0.2) is 4.99 Å². The average molecular weight is 275 g/mol. The zero-order chi connectivity index (χ0) is 14.0. The smallest absolute Gasteiger partial charge is 0.240 e. The quantitative estimate of drug-likeness (QED) is 0.441. The van der Waals surface area contributed by atoms with Gasteiger partial charge in [0.05, 0.1) is 6.04 Å². The molecule has 1 rings (SSSR count). The molecule has 0 N–H and O–H groups in total. The van der Waals surface area contributed by atoms with Gasteiger partial charge in [0.25, 0.3) is 0 Å². The van der Waals surface area contributed by atoms with Gasteiger partial charge in [0.2, 0.25) is 6.08 Å². The lowest BCUT2D eigenvalue weighted by Crippen LogP contribution is -2.48. The molecule has 0 spiro atoms. The average Bonchev–Trinajstić information content (AvgIpc) is 2.28. The van der Waals surface area contributed by atoms with Crippen LogP contribution in [0.2, 0.25) is 0 Å². The highest BCUT2D eigenvalue weighted by Crippen LogP contribution is 2.45. The molecule has 0 aromatic rings. The summed E-state index contributed by atoms with van der Waals surface area (Å²) in [5.74, 6) is -6.70. The molecule has 104 valence electrons. The van der Waals surface area contributed by atoms with E-state index in [1.54, 1.807) is 0 Å². The molecule has 0 amide bonds. The highest BCUT2D eigenvalue weighted by atomic mass is 19.4. The van der Waals surface area contributed by atoms with E-state index < -0.39 is 30.2 Å². The summed E-state index contributed by atoms with van der Waals surface area (Å²) < 4.78 is 74.8. The van der Waals surface area contributed by atoms with Crippen molar-refractivity contribution in [3.05, 3.63) is 0 Å². The van der Waals surface area contributed by atoms with Crippen LogP contribution in [0.25, 0.3) is 0 Å². The van der Waals surface area contributed by atoms with Gasteiger partial charge in [-0.1, -0.05) is 0 Å². The van der Waals surface area contributed by atoms with Crippen LogP contribution in [0, 0.1) is 5.92 Å². The zero-order valence-electron chi connectivity index (χ0n) is 9.18. The number of alkyl halides is 6. The molecule has 1 atom stereocenters. The van der Waals surface area contributed by atoms with Crippen LogP contribution >= 0.6 is 0 Å². The Hall–Kier alpha value is -1.04. The fourth-order valence-electron chi connectivity index (χ4n) is 2.05. The Labute approximate surface area is 99.1 Å². The van der Waals surface area contributed by atoms with Crippen LogP contribution in [0.5, 0.6) is 0 Å². The van der Waals surface area contributed by atoms with Gasteiger partial charge in [-0.2, -0.15) is 22.0 Å². The highest BCUT2D eigenvalue weighted by molar-refractivity contribution is 5.33. The molecule has 0 aliphatic heterocycles. The Morgan fingerprint density at radius 2 is 1.56 bits per heavy atom. The predicted molar refractivity (Wildman–Crippen MR) is 49.8 cm³/mol. The maximum absolute atomic E-state index is 13.3. The molecule has 1 saturated carbocycles. The van der Waals surface area contributed by atoms with E-state index in [1.807, 2.05) is 0 Å². The lowest BCUT2D eigenvalue weighted by Gasteiger charge is -2.32. The van der Waals surface area contributed by atoms with Crippen molar-refractivity contribution in [2.75, 3.05) is 0 Å². The van der Waals surface area contributed by atoms with Crippen LogP contribution in [-0.2, 0) is 4.79 Å². The Bertz CT molecular complexity index is 328. The molecule has 0 aromatic carbocycles. The third-order valence-electron chi connectivity index (χ3n) is 3.11. The fraction of sp³-hybridized carbons (Fsp3) is 0.900. The molecule has 1 fully saturated rings. The maximum Gasteiger partial charge on any atom is 0.456 e. The van der Waals surface area contributed by atoms with Crippen LogP contribution in [0.3, 0.4) is 0 Å². The summed E-state index contributed by atoms with van der Waals surface area (Å²) in [7, 11) is 0. The predicted octanol–water partition coefficient (Wildman–Crippen LogP) is 3.42. The second kappa shape index (κ2) is 5.30. The van der Waals surface area contributed by atoms with E-state index in [0.717, 1.165) is 0 Å². The van der Waals surface area contributed by atoms with Gasteiger partial charge in [-0.25, -0.2) is 14.2 Å². The molecule has 0 bridgehead atoms. The molecule has 1 unspecified atom stereocenters. The third kappa shape index (κ3) is 3.04. The van der Waals surface area contributed by atoms with Crippen molar-refractivity contribution in [1.82, 2.24) is 0 Å². The molecule has 1 aliphatic carbocycles. The molecule has 0 heterocycles. The number of rotatable bonds is 3. The Kier molecular flexibility index (Phi) is 4.42. The molecule has 0 aromatic heterocycles. The lowest BCUT2D eigenvalue weighted by atomic mass is 9.81. The first kappa shape index (κ1) is 15.0. The van der Waals surface area contributed by atoms with Gasteiger partial charge in [-0.15, -0.1) is 0 Å². The minimum Gasteiger partial charge on any atom is -0.240 e. The number of hydrogen-bond donors (Lipinski definition) is 0. The van der Waals surface area contributed by atoms with E-state index in [0.29, 0.717) is 0 Å². The first-order valence-electron chi connectivity index (χ1n) is 5.35. The normalized spacial score (nSPS) is 27.4. The van der Waals surface area contributed by atoms with Crippen LogP contribution < -0.4 is 0 Å². The molecule has 18 heavy (non-hydrogen) atoms. The second-order valence-corrected chi connectivity index (χ2v) is 4.31. The van der Waals surface area contributed by atoms with Gasteiger partial charge >= 0.3 is 12.1 Å². The lowest BCUT2D eigenvalue weighted by molar-refractivity contribution is -0.309. The van der Waals surface area contributed by atoms with Gasteiger partial charge in [-0.05, 0) is 31.6 Å². The maximum atomic E-state index is 13.3. The van der Waals surface area contributed by atoms with Gasteiger partial charge in [-0.3, -0.25) is 0 Å². The number of isocyanates is 1. The van der Waals surface area contributed by atoms with E-state index in [9.17, 15) is 31.1 Å². The van der Waals surface area contributed by atoms with Crippen LogP contribution in [0.4, 0.5) is 26.3 Å². The largest absolute Gasteiger partial charge is 0.456 e.